The third-order valence-electron chi connectivity index (χ3n) is 5.73. The van der Waals surface area contributed by atoms with Gasteiger partial charge in [0.2, 0.25) is 0 Å². The summed E-state index contributed by atoms with van der Waals surface area (Å²) in [7, 11) is 4.18. The van der Waals surface area contributed by atoms with Gasteiger partial charge in [0.15, 0.2) is 5.96 Å². The Bertz CT molecular complexity index is 581. The van der Waals surface area contributed by atoms with Crippen molar-refractivity contribution in [2.45, 2.75) is 63.1 Å². The first-order valence-corrected chi connectivity index (χ1v) is 10.4. The van der Waals surface area contributed by atoms with Crippen LogP contribution in [0.3, 0.4) is 0 Å². The van der Waals surface area contributed by atoms with E-state index >= 15 is 0 Å². The Morgan fingerprint density at radius 3 is 2.65 bits per heavy atom. The van der Waals surface area contributed by atoms with E-state index in [1.807, 2.05) is 7.05 Å². The molecular weight excluding hydrogens is 503 g/mol. The van der Waals surface area contributed by atoms with E-state index in [-0.39, 0.29) is 24.0 Å². The summed E-state index contributed by atoms with van der Waals surface area (Å²) in [4.78, 5) is 7.03. The molecule has 2 atom stereocenters. The molecule has 4 nitrogen and oxygen atoms in total. The van der Waals surface area contributed by atoms with Crippen LogP contribution in [0.4, 0.5) is 0 Å². The van der Waals surface area contributed by atoms with Crippen LogP contribution in [0.5, 0.6) is 0 Å². The normalized spacial score (nSPS) is 26.1. The molecule has 26 heavy (non-hydrogen) atoms. The Morgan fingerprint density at radius 1 is 1.27 bits per heavy atom. The minimum Gasteiger partial charge on any atom is -0.356 e. The van der Waals surface area contributed by atoms with E-state index in [2.05, 4.69) is 67.8 Å². The van der Waals surface area contributed by atoms with Gasteiger partial charge < -0.3 is 15.5 Å². The van der Waals surface area contributed by atoms with E-state index in [1.54, 1.807) is 0 Å². The van der Waals surface area contributed by atoms with Gasteiger partial charge in [0.25, 0.3) is 0 Å². The Kier molecular flexibility index (Phi) is 9.17. The van der Waals surface area contributed by atoms with Crippen molar-refractivity contribution in [2.75, 3.05) is 20.6 Å². The molecule has 2 aliphatic heterocycles. The average Bonchev–Trinajstić information content (AvgIpc) is 2.58. The van der Waals surface area contributed by atoms with Crippen molar-refractivity contribution in [1.82, 2.24) is 15.5 Å². The molecular formula is C20H32BrIN4. The summed E-state index contributed by atoms with van der Waals surface area (Å²) >= 11 is 3.54. The third kappa shape index (κ3) is 6.09. The zero-order valence-electron chi connectivity index (χ0n) is 15.9. The zero-order valence-corrected chi connectivity index (χ0v) is 19.8. The molecule has 0 aliphatic carbocycles. The number of guanidine groups is 1. The number of halogens is 2. The number of aliphatic imine (C=N–C) groups is 1. The number of nitrogens with zero attached hydrogens (tertiary/aromatic N) is 2. The van der Waals surface area contributed by atoms with Gasteiger partial charge in [-0.2, -0.15) is 0 Å². The number of piperidine rings is 2. The van der Waals surface area contributed by atoms with Crippen LogP contribution in [-0.4, -0.2) is 49.6 Å². The van der Waals surface area contributed by atoms with E-state index in [1.165, 1.54) is 37.7 Å². The molecule has 146 valence electrons. The van der Waals surface area contributed by atoms with Gasteiger partial charge >= 0.3 is 0 Å². The van der Waals surface area contributed by atoms with E-state index in [0.29, 0.717) is 6.04 Å². The first kappa shape index (κ1) is 22.0. The fraction of sp³-hybridized carbons (Fsp3) is 0.650. The molecule has 0 aromatic heterocycles. The second kappa shape index (κ2) is 10.9. The van der Waals surface area contributed by atoms with Crippen molar-refractivity contribution in [1.29, 1.82) is 0 Å². The maximum atomic E-state index is 4.43. The van der Waals surface area contributed by atoms with Gasteiger partial charge in [-0.05, 0) is 63.3 Å². The number of nitrogens with one attached hydrogen (secondary N) is 2. The number of fused-ring (bicyclic) bond motifs is 2. The smallest absolute Gasteiger partial charge is 0.191 e. The number of aryl methyl sites for hydroxylation is 1. The van der Waals surface area contributed by atoms with Crippen molar-refractivity contribution in [2.24, 2.45) is 4.99 Å². The molecule has 0 spiro atoms. The topological polar surface area (TPSA) is 39.7 Å². The fourth-order valence-electron chi connectivity index (χ4n) is 4.31. The molecule has 0 radical (unpaired) electrons. The van der Waals surface area contributed by atoms with Crippen LogP contribution in [0.15, 0.2) is 33.7 Å². The van der Waals surface area contributed by atoms with Crippen LogP contribution < -0.4 is 10.6 Å². The van der Waals surface area contributed by atoms with Gasteiger partial charge in [-0.25, -0.2) is 0 Å². The molecule has 2 heterocycles. The highest BCUT2D eigenvalue weighted by atomic mass is 127. The summed E-state index contributed by atoms with van der Waals surface area (Å²) in [5, 5.41) is 7.16. The molecule has 3 rings (SSSR count). The van der Waals surface area contributed by atoms with Gasteiger partial charge in [0.05, 0.1) is 0 Å². The average molecular weight is 535 g/mol. The Morgan fingerprint density at radius 2 is 2.00 bits per heavy atom. The van der Waals surface area contributed by atoms with E-state index < -0.39 is 0 Å². The predicted molar refractivity (Wildman–Crippen MR) is 125 cm³/mol. The second-order valence-corrected chi connectivity index (χ2v) is 8.36. The van der Waals surface area contributed by atoms with Gasteiger partial charge in [0, 0.05) is 36.2 Å². The summed E-state index contributed by atoms with van der Waals surface area (Å²) in [6, 6.07) is 10.6. The highest BCUT2D eigenvalue weighted by Gasteiger charge is 2.36. The SMILES string of the molecule is CN=C(NCCCc1cccc(Br)c1)NC1CC2CCCC(C1)N2C.I. The largest absolute Gasteiger partial charge is 0.356 e. The highest BCUT2D eigenvalue weighted by molar-refractivity contribution is 14.0. The lowest BCUT2D eigenvalue weighted by Gasteiger charge is -2.47. The molecule has 0 saturated carbocycles. The summed E-state index contributed by atoms with van der Waals surface area (Å²) in [5.41, 5.74) is 1.38. The van der Waals surface area contributed by atoms with Crippen LogP contribution >= 0.6 is 39.9 Å². The standard InChI is InChI=1S/C20H31BrN4.HI/c1-22-20(23-11-5-7-15-6-3-8-16(21)12-15)24-17-13-18-9-4-10-19(14-17)25(18)2;/h3,6,8,12,17-19H,4-5,7,9-11,13-14H2,1-2H3,(H2,22,23,24);1H. The van der Waals surface area contributed by atoms with Crippen molar-refractivity contribution < 1.29 is 0 Å². The molecule has 2 aliphatic rings. The van der Waals surface area contributed by atoms with Crippen molar-refractivity contribution in [3.05, 3.63) is 34.3 Å². The molecule has 1 aromatic rings. The third-order valence-corrected chi connectivity index (χ3v) is 6.22. The summed E-state index contributed by atoms with van der Waals surface area (Å²) < 4.78 is 1.16. The molecule has 2 N–H and O–H groups in total. The first-order chi connectivity index (χ1) is 12.2. The quantitative estimate of drug-likeness (QED) is 0.258. The number of benzene rings is 1. The lowest BCUT2D eigenvalue weighted by Crippen LogP contribution is -2.56. The van der Waals surface area contributed by atoms with E-state index in [0.717, 1.165) is 41.9 Å². The van der Waals surface area contributed by atoms with Crippen LogP contribution in [0, 0.1) is 0 Å². The van der Waals surface area contributed by atoms with E-state index in [9.17, 15) is 0 Å². The van der Waals surface area contributed by atoms with E-state index in [4.69, 9.17) is 0 Å². The first-order valence-electron chi connectivity index (χ1n) is 9.59. The van der Waals surface area contributed by atoms with Crippen molar-refractivity contribution in [3.63, 3.8) is 0 Å². The predicted octanol–water partition coefficient (Wildman–Crippen LogP) is 4.18. The molecule has 2 bridgehead atoms. The van der Waals surface area contributed by atoms with Gasteiger partial charge in [0.1, 0.15) is 0 Å². The van der Waals surface area contributed by atoms with Crippen LogP contribution in [0.1, 0.15) is 44.1 Å². The maximum Gasteiger partial charge on any atom is 0.191 e. The molecule has 2 unspecified atom stereocenters. The Labute approximate surface area is 183 Å². The summed E-state index contributed by atoms with van der Waals surface area (Å²) in [5.74, 6) is 0.960. The highest BCUT2D eigenvalue weighted by Crippen LogP contribution is 2.32. The lowest BCUT2D eigenvalue weighted by molar-refractivity contribution is 0.0526. The molecule has 2 saturated heterocycles. The van der Waals surface area contributed by atoms with Crippen molar-refractivity contribution in [3.8, 4) is 0 Å². The number of rotatable bonds is 5. The van der Waals surface area contributed by atoms with Crippen LogP contribution in [0.2, 0.25) is 0 Å². The lowest BCUT2D eigenvalue weighted by atomic mass is 9.82. The summed E-state index contributed by atoms with van der Waals surface area (Å²) in [6.45, 7) is 0.950. The van der Waals surface area contributed by atoms with Crippen LogP contribution in [0.25, 0.3) is 0 Å². The van der Waals surface area contributed by atoms with Gasteiger partial charge in [-0.3, -0.25) is 4.99 Å². The minimum absolute atomic E-state index is 0. The fourth-order valence-corrected chi connectivity index (χ4v) is 4.76. The zero-order chi connectivity index (χ0) is 17.6. The Balaban J connectivity index is 0.00000243. The summed E-state index contributed by atoms with van der Waals surface area (Å²) in [6.07, 6.45) is 8.78. The van der Waals surface area contributed by atoms with Crippen molar-refractivity contribution >= 4 is 45.9 Å². The van der Waals surface area contributed by atoms with Crippen LogP contribution in [-0.2, 0) is 6.42 Å². The molecule has 1 aromatic carbocycles. The molecule has 0 amide bonds. The second-order valence-electron chi connectivity index (χ2n) is 7.45. The molecule has 2 fully saturated rings. The number of hydrogen-bond acceptors (Lipinski definition) is 2. The maximum absolute atomic E-state index is 4.43. The van der Waals surface area contributed by atoms with Gasteiger partial charge in [-0.15, -0.1) is 24.0 Å². The molecule has 6 heteroatoms. The monoisotopic (exact) mass is 534 g/mol. The minimum atomic E-state index is 0. The number of hydrogen-bond donors (Lipinski definition) is 2. The van der Waals surface area contributed by atoms with Gasteiger partial charge in [-0.1, -0.05) is 34.5 Å². The Hall–Kier alpha value is -0.340.